The lowest BCUT2D eigenvalue weighted by atomic mass is 9.66. The molecule has 8 nitrogen and oxygen atoms in total. The number of nitrogens with zero attached hydrogens (tertiary/aromatic N) is 4. The van der Waals surface area contributed by atoms with E-state index in [9.17, 15) is 4.79 Å². The lowest BCUT2D eigenvalue weighted by molar-refractivity contribution is -0.119. The molecule has 3 heterocycles. The zero-order valence-electron chi connectivity index (χ0n) is 27.9. The minimum atomic E-state index is -0.947. The molecular formula is C36H45Cl2N5O3. The Morgan fingerprint density at radius 3 is 2.35 bits per heavy atom. The summed E-state index contributed by atoms with van der Waals surface area (Å²) in [5, 5.41) is 4.31. The van der Waals surface area contributed by atoms with E-state index < -0.39 is 11.1 Å². The Kier molecular flexibility index (Phi) is 9.63. The number of nitrogens with one attached hydrogen (secondary N) is 1. The number of hydrogen-bond donors (Lipinski definition) is 1. The van der Waals surface area contributed by atoms with E-state index in [-0.39, 0.29) is 29.3 Å². The van der Waals surface area contributed by atoms with Crippen LogP contribution >= 0.6 is 23.2 Å². The third-order valence-corrected chi connectivity index (χ3v) is 10.2. The summed E-state index contributed by atoms with van der Waals surface area (Å²) in [6.07, 6.45) is 9.83. The number of benzene rings is 1. The maximum atomic E-state index is 15.0. The number of pyridine rings is 1. The molecule has 1 aliphatic carbocycles. The molecule has 246 valence electrons. The Morgan fingerprint density at radius 1 is 1.11 bits per heavy atom. The van der Waals surface area contributed by atoms with Gasteiger partial charge in [0, 0.05) is 65.4 Å². The number of piperidine rings is 1. The summed E-state index contributed by atoms with van der Waals surface area (Å²) in [4.78, 5) is 40.9. The van der Waals surface area contributed by atoms with Gasteiger partial charge in [0.1, 0.15) is 11.6 Å². The Bertz CT molecular complexity index is 1570. The Hall–Kier alpha value is -3.36. The van der Waals surface area contributed by atoms with Gasteiger partial charge in [0.05, 0.1) is 23.2 Å². The minimum Gasteiger partial charge on any atom is -0.493 e. The third-order valence-electron chi connectivity index (χ3n) is 9.70. The second-order valence-corrected chi connectivity index (χ2v) is 14.7. The molecule has 1 N–H and O–H groups in total. The monoisotopic (exact) mass is 665 g/mol. The first-order valence-corrected chi connectivity index (χ1v) is 16.8. The summed E-state index contributed by atoms with van der Waals surface area (Å²) in [5.74, 6) is 1.01. The molecular weight excluding hydrogens is 621 g/mol. The molecule has 3 amide bonds. The van der Waals surface area contributed by atoms with E-state index in [2.05, 4.69) is 46.0 Å². The van der Waals surface area contributed by atoms with Crippen LogP contribution < -0.4 is 10.1 Å². The molecule has 0 spiro atoms. The topological polar surface area (TPSA) is 87.1 Å². The molecule has 2 aromatic rings. The number of carbonyl (C=O) groups is 2. The summed E-state index contributed by atoms with van der Waals surface area (Å²) in [6, 6.07) is 9.55. The van der Waals surface area contributed by atoms with Gasteiger partial charge < -0.3 is 15.0 Å². The van der Waals surface area contributed by atoms with E-state index in [4.69, 9.17) is 37.9 Å². The van der Waals surface area contributed by atoms with Crippen LogP contribution in [0.1, 0.15) is 84.5 Å². The van der Waals surface area contributed by atoms with E-state index in [1.165, 1.54) is 6.92 Å². The number of amides is 3. The van der Waals surface area contributed by atoms with Gasteiger partial charge in [-0.15, -0.1) is 0 Å². The van der Waals surface area contributed by atoms with E-state index in [1.54, 1.807) is 6.20 Å². The van der Waals surface area contributed by atoms with Crippen molar-refractivity contribution in [3.8, 4) is 5.75 Å². The number of rotatable bonds is 6. The highest BCUT2D eigenvalue weighted by molar-refractivity contribution is 6.31. The first-order valence-electron chi connectivity index (χ1n) is 16.1. The summed E-state index contributed by atoms with van der Waals surface area (Å²) in [5.41, 5.74) is 0.475. The molecule has 3 atom stereocenters. The normalized spacial score (nSPS) is 25.3. The van der Waals surface area contributed by atoms with Crippen molar-refractivity contribution in [1.82, 2.24) is 20.1 Å². The summed E-state index contributed by atoms with van der Waals surface area (Å²) in [6.45, 7) is 15.5. The SMILES string of the molecule is CCOc1cc(C(C)(C)C)ncc1C1=N[C@@](C)(C2C=CC(Cl)=CC2)[C@@](C)(c2ccc(Cl)cc2)N1C(=O)N1CCC(NC(C)=O)CC1. The Balaban J connectivity index is 1.71. The fraction of sp³-hybridized carbons (Fsp3) is 0.500. The van der Waals surface area contributed by atoms with Crippen molar-refractivity contribution in [3.05, 3.63) is 81.6 Å². The number of likely N-dealkylation sites (tertiary alicyclic amines) is 1. The molecule has 10 heteroatoms. The predicted octanol–water partition coefficient (Wildman–Crippen LogP) is 7.59. The first-order chi connectivity index (χ1) is 21.7. The van der Waals surface area contributed by atoms with Crippen LogP contribution in [0.4, 0.5) is 4.79 Å². The second kappa shape index (κ2) is 13.0. The van der Waals surface area contributed by atoms with Crippen molar-refractivity contribution in [2.24, 2.45) is 10.9 Å². The van der Waals surface area contributed by atoms with Gasteiger partial charge in [-0.25, -0.2) is 4.79 Å². The van der Waals surface area contributed by atoms with Gasteiger partial charge in [0.15, 0.2) is 0 Å². The first kappa shape index (κ1) is 34.0. The standard InChI is InChI=1S/C36H45Cl2N5O3/c1-8-46-30-21-31(34(3,4)5)39-22-29(30)32-41-35(6,24-9-13-26(37)14-10-24)36(7,25-11-15-27(38)16-12-25)43(32)33(45)42-19-17-28(18-20-42)40-23(2)44/h9,11-16,21-22,24,28H,8,10,17-20H2,1-7H3,(H,40,44)/t24?,35-,36+/m0/s1. The van der Waals surface area contributed by atoms with Crippen molar-refractivity contribution in [2.75, 3.05) is 19.7 Å². The molecule has 1 unspecified atom stereocenters. The maximum Gasteiger partial charge on any atom is 0.326 e. The molecule has 5 rings (SSSR count). The maximum absolute atomic E-state index is 15.0. The van der Waals surface area contributed by atoms with Crippen LogP contribution in [0.25, 0.3) is 0 Å². The number of aliphatic imine (C=N–C) groups is 1. The highest BCUT2D eigenvalue weighted by Gasteiger charge is 2.62. The molecule has 2 aliphatic heterocycles. The van der Waals surface area contributed by atoms with Gasteiger partial charge in [-0.2, -0.15) is 0 Å². The summed E-state index contributed by atoms with van der Waals surface area (Å²) < 4.78 is 6.26. The molecule has 1 fully saturated rings. The second-order valence-electron chi connectivity index (χ2n) is 13.8. The fourth-order valence-electron chi connectivity index (χ4n) is 6.86. The number of halogens is 2. The van der Waals surface area contributed by atoms with Gasteiger partial charge in [0.25, 0.3) is 0 Å². The zero-order valence-corrected chi connectivity index (χ0v) is 29.4. The van der Waals surface area contributed by atoms with Crippen LogP contribution in [0.2, 0.25) is 5.02 Å². The highest BCUT2D eigenvalue weighted by Crippen LogP contribution is 2.54. The molecule has 0 saturated carbocycles. The van der Waals surface area contributed by atoms with Crippen LogP contribution in [-0.4, -0.2) is 63.8 Å². The number of carbonyl (C=O) groups excluding carboxylic acids is 2. The molecule has 3 aliphatic rings. The van der Waals surface area contributed by atoms with Gasteiger partial charge in [-0.3, -0.25) is 19.7 Å². The van der Waals surface area contributed by atoms with E-state index in [0.717, 1.165) is 11.3 Å². The van der Waals surface area contributed by atoms with Crippen LogP contribution in [0.3, 0.4) is 0 Å². The van der Waals surface area contributed by atoms with Gasteiger partial charge in [-0.05, 0) is 63.8 Å². The Morgan fingerprint density at radius 2 is 1.78 bits per heavy atom. The average Bonchev–Trinajstić information content (AvgIpc) is 3.25. The largest absolute Gasteiger partial charge is 0.493 e. The van der Waals surface area contributed by atoms with Crippen molar-refractivity contribution < 1.29 is 14.3 Å². The van der Waals surface area contributed by atoms with Crippen molar-refractivity contribution in [2.45, 2.75) is 90.3 Å². The van der Waals surface area contributed by atoms with Crippen LogP contribution in [0.5, 0.6) is 5.75 Å². The van der Waals surface area contributed by atoms with E-state index in [0.29, 0.717) is 66.2 Å². The molecule has 46 heavy (non-hydrogen) atoms. The van der Waals surface area contributed by atoms with Gasteiger partial charge in [0.2, 0.25) is 5.91 Å². The number of hydrogen-bond acceptors (Lipinski definition) is 5. The lowest BCUT2D eigenvalue weighted by Crippen LogP contribution is -2.62. The van der Waals surface area contributed by atoms with Crippen LogP contribution in [0, 0.1) is 5.92 Å². The lowest BCUT2D eigenvalue weighted by Gasteiger charge is -2.49. The zero-order chi connectivity index (χ0) is 33.4. The van der Waals surface area contributed by atoms with Crippen LogP contribution in [0.15, 0.2) is 64.8 Å². The predicted molar refractivity (Wildman–Crippen MR) is 185 cm³/mol. The Labute approximate surface area is 282 Å². The summed E-state index contributed by atoms with van der Waals surface area (Å²) in [7, 11) is 0. The van der Waals surface area contributed by atoms with Crippen molar-refractivity contribution in [1.29, 1.82) is 0 Å². The number of urea groups is 1. The molecule has 1 aromatic heterocycles. The van der Waals surface area contributed by atoms with E-state index in [1.807, 2.05) is 59.2 Å². The van der Waals surface area contributed by atoms with E-state index >= 15 is 4.79 Å². The third kappa shape index (κ3) is 6.30. The number of ether oxygens (including phenoxy) is 1. The smallest absolute Gasteiger partial charge is 0.326 e. The minimum absolute atomic E-state index is 0.0313. The molecule has 0 radical (unpaired) electrons. The number of allylic oxidation sites excluding steroid dienone is 3. The summed E-state index contributed by atoms with van der Waals surface area (Å²) >= 11 is 12.8. The van der Waals surface area contributed by atoms with Crippen molar-refractivity contribution in [3.63, 3.8) is 0 Å². The molecule has 0 bridgehead atoms. The average molecular weight is 667 g/mol. The highest BCUT2D eigenvalue weighted by atomic mass is 35.5. The van der Waals surface area contributed by atoms with Crippen LogP contribution in [-0.2, 0) is 15.7 Å². The van der Waals surface area contributed by atoms with Gasteiger partial charge >= 0.3 is 6.03 Å². The molecule has 1 aromatic carbocycles. The van der Waals surface area contributed by atoms with Crippen molar-refractivity contribution >= 4 is 41.0 Å². The molecule has 1 saturated heterocycles. The number of aromatic nitrogens is 1. The van der Waals surface area contributed by atoms with Gasteiger partial charge in [-0.1, -0.05) is 68.3 Å². The number of amidine groups is 1. The quantitative estimate of drug-likeness (QED) is 0.344. The fourth-order valence-corrected chi connectivity index (χ4v) is 7.15.